The summed E-state index contributed by atoms with van der Waals surface area (Å²) in [5.41, 5.74) is 8.17. The van der Waals surface area contributed by atoms with E-state index in [2.05, 4.69) is 35.7 Å². The summed E-state index contributed by atoms with van der Waals surface area (Å²) in [6.07, 6.45) is 3.63. The summed E-state index contributed by atoms with van der Waals surface area (Å²) in [4.78, 5) is 0. The molecule has 0 spiro atoms. The minimum atomic E-state index is 0.447. The fourth-order valence-corrected chi connectivity index (χ4v) is 2.94. The Hall–Kier alpha value is -1.55. The van der Waals surface area contributed by atoms with E-state index in [0.717, 1.165) is 16.1 Å². The van der Waals surface area contributed by atoms with Gasteiger partial charge in [-0.1, -0.05) is 50.1 Å². The summed E-state index contributed by atoms with van der Waals surface area (Å²) in [5.74, 6) is 0.612. The zero-order valence-electron chi connectivity index (χ0n) is 11.5. The van der Waals surface area contributed by atoms with Gasteiger partial charge in [0, 0.05) is 6.04 Å². The van der Waals surface area contributed by atoms with Crippen LogP contribution in [0.2, 0.25) is 0 Å². The van der Waals surface area contributed by atoms with Crippen molar-refractivity contribution >= 4 is 22.4 Å². The standard InChI is InChI=1S/C15H21N3S/c1-3-4-8-11(2)17-15-13(14(16)18-19-15)12-9-6-5-7-10-12/h5-7,9-11,17H,3-4,8H2,1-2H3,(H2,16,18). The first-order valence-corrected chi connectivity index (χ1v) is 7.56. The van der Waals surface area contributed by atoms with Crippen LogP contribution in [0.3, 0.4) is 0 Å². The van der Waals surface area contributed by atoms with Crippen molar-refractivity contribution < 1.29 is 0 Å². The maximum atomic E-state index is 6.01. The number of unbranched alkanes of at least 4 members (excludes halogenated alkanes) is 1. The van der Waals surface area contributed by atoms with E-state index in [0.29, 0.717) is 11.9 Å². The highest BCUT2D eigenvalue weighted by Gasteiger charge is 2.14. The molecule has 1 unspecified atom stereocenters. The Morgan fingerprint density at radius 3 is 2.74 bits per heavy atom. The first kappa shape index (κ1) is 13.9. The summed E-state index contributed by atoms with van der Waals surface area (Å²) in [5, 5.41) is 4.62. The highest BCUT2D eigenvalue weighted by Crippen LogP contribution is 2.37. The van der Waals surface area contributed by atoms with Crippen LogP contribution in [0.4, 0.5) is 10.8 Å². The topological polar surface area (TPSA) is 50.9 Å². The minimum Gasteiger partial charge on any atom is -0.382 e. The smallest absolute Gasteiger partial charge is 0.147 e. The fraction of sp³-hybridized carbons (Fsp3) is 0.400. The van der Waals surface area contributed by atoms with Gasteiger partial charge in [0.15, 0.2) is 0 Å². The van der Waals surface area contributed by atoms with Crippen molar-refractivity contribution in [3.8, 4) is 11.1 Å². The molecule has 0 aliphatic rings. The molecule has 0 saturated heterocycles. The number of aromatic nitrogens is 1. The second kappa shape index (κ2) is 6.57. The van der Waals surface area contributed by atoms with Crippen LogP contribution in [0.5, 0.6) is 0 Å². The third-order valence-corrected chi connectivity index (χ3v) is 3.94. The minimum absolute atomic E-state index is 0.447. The zero-order valence-corrected chi connectivity index (χ0v) is 12.3. The molecule has 3 N–H and O–H groups in total. The third kappa shape index (κ3) is 3.47. The number of rotatable bonds is 6. The molecule has 4 heteroatoms. The third-order valence-electron chi connectivity index (χ3n) is 3.15. The molecular formula is C15H21N3S. The van der Waals surface area contributed by atoms with Gasteiger partial charge in [-0.2, -0.15) is 4.37 Å². The van der Waals surface area contributed by atoms with Crippen LogP contribution in [0.1, 0.15) is 33.1 Å². The van der Waals surface area contributed by atoms with E-state index >= 15 is 0 Å². The summed E-state index contributed by atoms with van der Waals surface area (Å²) in [6.45, 7) is 4.42. The number of nitrogen functional groups attached to an aromatic ring is 1. The van der Waals surface area contributed by atoms with Crippen molar-refractivity contribution in [3.05, 3.63) is 30.3 Å². The summed E-state index contributed by atoms with van der Waals surface area (Å²) >= 11 is 1.45. The molecule has 2 aromatic rings. The number of nitrogens with two attached hydrogens (primary N) is 1. The van der Waals surface area contributed by atoms with Crippen LogP contribution < -0.4 is 11.1 Å². The van der Waals surface area contributed by atoms with Crippen molar-refractivity contribution in [3.63, 3.8) is 0 Å². The lowest BCUT2D eigenvalue weighted by atomic mass is 10.1. The predicted octanol–water partition coefficient (Wildman–Crippen LogP) is 4.38. The molecule has 19 heavy (non-hydrogen) atoms. The molecule has 0 bridgehead atoms. The summed E-state index contributed by atoms with van der Waals surface area (Å²) < 4.78 is 4.28. The van der Waals surface area contributed by atoms with Gasteiger partial charge in [0.1, 0.15) is 10.8 Å². The predicted molar refractivity (Wildman–Crippen MR) is 84.6 cm³/mol. The van der Waals surface area contributed by atoms with E-state index < -0.39 is 0 Å². The Morgan fingerprint density at radius 1 is 1.32 bits per heavy atom. The van der Waals surface area contributed by atoms with Crippen LogP contribution in [0, 0.1) is 0 Å². The Kier molecular flexibility index (Phi) is 4.80. The molecule has 0 aliphatic carbocycles. The lowest BCUT2D eigenvalue weighted by Gasteiger charge is -2.14. The van der Waals surface area contributed by atoms with Gasteiger partial charge in [-0.05, 0) is 30.4 Å². The number of hydrogen-bond donors (Lipinski definition) is 2. The van der Waals surface area contributed by atoms with Gasteiger partial charge in [-0.3, -0.25) is 0 Å². The quantitative estimate of drug-likeness (QED) is 0.822. The molecule has 0 fully saturated rings. The molecule has 2 rings (SSSR count). The van der Waals surface area contributed by atoms with Crippen molar-refractivity contribution in [2.75, 3.05) is 11.1 Å². The van der Waals surface area contributed by atoms with Crippen molar-refractivity contribution in [1.29, 1.82) is 0 Å². The largest absolute Gasteiger partial charge is 0.382 e. The van der Waals surface area contributed by atoms with Gasteiger partial charge in [-0.25, -0.2) is 0 Å². The number of nitrogens with one attached hydrogen (secondary N) is 1. The molecule has 0 radical (unpaired) electrons. The fourth-order valence-electron chi connectivity index (χ4n) is 2.09. The maximum Gasteiger partial charge on any atom is 0.147 e. The number of anilines is 2. The van der Waals surface area contributed by atoms with Crippen LogP contribution >= 0.6 is 11.5 Å². The second-order valence-electron chi connectivity index (χ2n) is 4.83. The van der Waals surface area contributed by atoms with Gasteiger partial charge in [0.2, 0.25) is 0 Å². The Bertz CT molecular complexity index is 507. The molecule has 0 aliphatic heterocycles. The van der Waals surface area contributed by atoms with Gasteiger partial charge < -0.3 is 11.1 Å². The average Bonchev–Trinajstić information content (AvgIpc) is 2.78. The van der Waals surface area contributed by atoms with Crippen molar-refractivity contribution in [2.45, 2.75) is 39.2 Å². The molecule has 1 aromatic carbocycles. The Morgan fingerprint density at radius 2 is 2.05 bits per heavy atom. The Balaban J connectivity index is 2.19. The number of benzene rings is 1. The SMILES string of the molecule is CCCCC(C)Nc1snc(N)c1-c1ccccc1. The second-order valence-corrected chi connectivity index (χ2v) is 5.60. The Labute approximate surface area is 119 Å². The summed E-state index contributed by atoms with van der Waals surface area (Å²) in [6, 6.07) is 10.6. The first-order chi connectivity index (χ1) is 9.22. The molecule has 1 atom stereocenters. The molecular weight excluding hydrogens is 254 g/mol. The van der Waals surface area contributed by atoms with Crippen LogP contribution in [0.25, 0.3) is 11.1 Å². The molecule has 3 nitrogen and oxygen atoms in total. The van der Waals surface area contributed by atoms with E-state index in [1.165, 1.54) is 30.8 Å². The normalized spacial score (nSPS) is 12.3. The molecule has 0 saturated carbocycles. The van der Waals surface area contributed by atoms with Crippen molar-refractivity contribution in [1.82, 2.24) is 4.37 Å². The molecule has 1 heterocycles. The summed E-state index contributed by atoms with van der Waals surface area (Å²) in [7, 11) is 0. The van der Waals surface area contributed by atoms with Gasteiger partial charge in [-0.15, -0.1) is 0 Å². The average molecular weight is 275 g/mol. The van der Waals surface area contributed by atoms with Gasteiger partial charge in [0.25, 0.3) is 0 Å². The monoisotopic (exact) mass is 275 g/mol. The maximum absolute atomic E-state index is 6.01. The van der Waals surface area contributed by atoms with E-state index in [1.807, 2.05) is 18.2 Å². The highest BCUT2D eigenvalue weighted by atomic mass is 32.1. The lowest BCUT2D eigenvalue weighted by molar-refractivity contribution is 0.646. The number of nitrogens with zero attached hydrogens (tertiary/aromatic N) is 1. The lowest BCUT2D eigenvalue weighted by Crippen LogP contribution is -2.14. The molecule has 102 valence electrons. The van der Waals surface area contributed by atoms with Crippen molar-refractivity contribution in [2.24, 2.45) is 0 Å². The van der Waals surface area contributed by atoms with Gasteiger partial charge in [0.05, 0.1) is 5.56 Å². The van der Waals surface area contributed by atoms with E-state index in [9.17, 15) is 0 Å². The first-order valence-electron chi connectivity index (χ1n) is 6.79. The van der Waals surface area contributed by atoms with E-state index in [4.69, 9.17) is 5.73 Å². The number of hydrogen-bond acceptors (Lipinski definition) is 4. The van der Waals surface area contributed by atoms with Crippen LogP contribution in [-0.4, -0.2) is 10.4 Å². The van der Waals surface area contributed by atoms with Crippen LogP contribution in [-0.2, 0) is 0 Å². The van der Waals surface area contributed by atoms with Crippen LogP contribution in [0.15, 0.2) is 30.3 Å². The van der Waals surface area contributed by atoms with E-state index in [-0.39, 0.29) is 0 Å². The zero-order chi connectivity index (χ0) is 13.7. The highest BCUT2D eigenvalue weighted by molar-refractivity contribution is 7.11. The van der Waals surface area contributed by atoms with E-state index in [1.54, 1.807) is 0 Å². The molecule has 1 aromatic heterocycles. The molecule has 0 amide bonds. The van der Waals surface area contributed by atoms with Gasteiger partial charge >= 0.3 is 0 Å².